The number of halogens is 1. The number of nitrogens with one attached hydrogen (secondary N) is 1. The van der Waals surface area contributed by atoms with Crippen LogP contribution in [0.15, 0.2) is 53.1 Å². The highest BCUT2D eigenvalue weighted by Crippen LogP contribution is 2.34. The predicted molar refractivity (Wildman–Crippen MR) is 139 cm³/mol. The normalized spacial score (nSPS) is 14.6. The van der Waals surface area contributed by atoms with Crippen LogP contribution in [0.5, 0.6) is 0 Å². The van der Waals surface area contributed by atoms with Gasteiger partial charge in [0, 0.05) is 45.0 Å². The second-order valence-corrected chi connectivity index (χ2v) is 10.8. The van der Waals surface area contributed by atoms with Crippen molar-refractivity contribution in [3.05, 3.63) is 54.5 Å². The molecule has 0 bridgehead atoms. The van der Waals surface area contributed by atoms with Gasteiger partial charge in [0.25, 0.3) is 0 Å². The smallest absolute Gasteiger partial charge is 0.324 e. The molecule has 196 valence electrons. The summed E-state index contributed by atoms with van der Waals surface area (Å²) in [5.74, 6) is 0.383. The van der Waals surface area contributed by atoms with Gasteiger partial charge in [-0.1, -0.05) is 0 Å². The zero-order valence-corrected chi connectivity index (χ0v) is 21.3. The molecular weight excluding hydrogens is 515 g/mol. The summed E-state index contributed by atoms with van der Waals surface area (Å²) in [5, 5.41) is 8.04. The third-order valence-corrected chi connectivity index (χ3v) is 7.76. The largest absolute Gasteiger partial charge is 0.432 e. The van der Waals surface area contributed by atoms with Crippen molar-refractivity contribution in [2.75, 3.05) is 50.6 Å². The van der Waals surface area contributed by atoms with Crippen molar-refractivity contribution in [3.63, 3.8) is 0 Å². The van der Waals surface area contributed by atoms with Gasteiger partial charge in [-0.25, -0.2) is 14.4 Å². The second-order valence-electron chi connectivity index (χ2n) is 8.79. The Balaban J connectivity index is 1.51. The lowest BCUT2D eigenvalue weighted by molar-refractivity contribution is 0.122. The topological polar surface area (TPSA) is 132 Å². The number of anilines is 3. The van der Waals surface area contributed by atoms with Crippen molar-refractivity contribution in [3.8, 4) is 11.3 Å². The molecule has 1 aliphatic rings. The standard InChI is InChI=1S/C24H23FN8O4S/c1-31(2)38(34,35)33-19(14-18(30-33)15-5-7-16(25)8-6-15)27-24-28-20-17-4-3-9-26-23(17)37-21(20)22(29-24)32-10-12-36-13-11-32/h3-9,14H,10-13H2,1-2H3,(H,27,28,29). The maximum atomic E-state index is 13.5. The Morgan fingerprint density at radius 1 is 1.08 bits per heavy atom. The third-order valence-electron chi connectivity index (χ3n) is 6.12. The van der Waals surface area contributed by atoms with Crippen LogP contribution in [0, 0.1) is 5.82 Å². The maximum absolute atomic E-state index is 13.5. The zero-order valence-electron chi connectivity index (χ0n) is 20.5. The molecule has 6 rings (SSSR count). The van der Waals surface area contributed by atoms with E-state index in [0.29, 0.717) is 65.6 Å². The average Bonchev–Trinajstić information content (AvgIpc) is 3.51. The lowest BCUT2D eigenvalue weighted by Gasteiger charge is -2.27. The molecule has 0 saturated carbocycles. The first-order valence-corrected chi connectivity index (χ1v) is 13.1. The van der Waals surface area contributed by atoms with Gasteiger partial charge >= 0.3 is 10.2 Å². The van der Waals surface area contributed by atoms with Gasteiger partial charge in [0.2, 0.25) is 11.7 Å². The molecule has 38 heavy (non-hydrogen) atoms. The van der Waals surface area contributed by atoms with Crippen molar-refractivity contribution >= 4 is 50.0 Å². The Labute approximate surface area is 216 Å². The Morgan fingerprint density at radius 3 is 2.58 bits per heavy atom. The molecule has 1 saturated heterocycles. The molecule has 0 spiro atoms. The number of furan rings is 1. The summed E-state index contributed by atoms with van der Waals surface area (Å²) in [4.78, 5) is 15.7. The molecule has 0 radical (unpaired) electrons. The molecule has 1 aromatic carbocycles. The van der Waals surface area contributed by atoms with Crippen molar-refractivity contribution in [2.24, 2.45) is 0 Å². The van der Waals surface area contributed by atoms with Crippen molar-refractivity contribution in [1.82, 2.24) is 28.4 Å². The first-order chi connectivity index (χ1) is 18.3. The molecule has 0 atom stereocenters. The summed E-state index contributed by atoms with van der Waals surface area (Å²) in [7, 11) is -1.22. The van der Waals surface area contributed by atoms with Crippen LogP contribution in [0.1, 0.15) is 0 Å². The number of morpholine rings is 1. The van der Waals surface area contributed by atoms with Gasteiger partial charge < -0.3 is 19.4 Å². The van der Waals surface area contributed by atoms with Gasteiger partial charge in [-0.2, -0.15) is 22.8 Å². The van der Waals surface area contributed by atoms with Crippen LogP contribution in [0.3, 0.4) is 0 Å². The summed E-state index contributed by atoms with van der Waals surface area (Å²) >= 11 is 0. The van der Waals surface area contributed by atoms with Crippen molar-refractivity contribution in [1.29, 1.82) is 0 Å². The van der Waals surface area contributed by atoms with E-state index >= 15 is 0 Å². The van der Waals surface area contributed by atoms with Gasteiger partial charge in [0.15, 0.2) is 11.4 Å². The molecule has 12 nitrogen and oxygen atoms in total. The van der Waals surface area contributed by atoms with Crippen LogP contribution in [-0.4, -0.2) is 77.3 Å². The molecule has 1 N–H and O–H groups in total. The van der Waals surface area contributed by atoms with E-state index in [4.69, 9.17) is 14.1 Å². The predicted octanol–water partition coefficient (Wildman–Crippen LogP) is 3.01. The van der Waals surface area contributed by atoms with Gasteiger partial charge in [0.05, 0.1) is 24.3 Å². The second kappa shape index (κ2) is 9.31. The Morgan fingerprint density at radius 2 is 1.84 bits per heavy atom. The summed E-state index contributed by atoms with van der Waals surface area (Å²) < 4.78 is 53.2. The van der Waals surface area contributed by atoms with E-state index in [9.17, 15) is 12.8 Å². The van der Waals surface area contributed by atoms with E-state index in [0.717, 1.165) is 8.39 Å². The summed E-state index contributed by atoms with van der Waals surface area (Å²) in [6.07, 6.45) is 1.63. The number of ether oxygens (including phenoxy) is 1. The van der Waals surface area contributed by atoms with Gasteiger partial charge in [-0.05, 0) is 36.4 Å². The number of fused-ring (bicyclic) bond motifs is 3. The van der Waals surface area contributed by atoms with Crippen LogP contribution < -0.4 is 10.2 Å². The summed E-state index contributed by atoms with van der Waals surface area (Å²) in [6.45, 7) is 2.25. The van der Waals surface area contributed by atoms with Gasteiger partial charge in [-0.15, -0.1) is 4.09 Å². The van der Waals surface area contributed by atoms with E-state index < -0.39 is 16.0 Å². The summed E-state index contributed by atoms with van der Waals surface area (Å²) in [5.41, 5.74) is 2.30. The number of hydrogen-bond acceptors (Lipinski definition) is 10. The lowest BCUT2D eigenvalue weighted by Crippen LogP contribution is -2.37. The van der Waals surface area contributed by atoms with Crippen LogP contribution >= 0.6 is 0 Å². The molecule has 0 amide bonds. The van der Waals surface area contributed by atoms with Crippen LogP contribution in [-0.2, 0) is 14.9 Å². The number of pyridine rings is 1. The molecule has 1 fully saturated rings. The molecule has 5 heterocycles. The quantitative estimate of drug-likeness (QED) is 0.344. The number of benzene rings is 1. The first kappa shape index (κ1) is 24.2. The number of rotatable bonds is 6. The Bertz CT molecular complexity index is 1740. The molecule has 4 aromatic heterocycles. The fourth-order valence-corrected chi connectivity index (χ4v) is 5.01. The first-order valence-electron chi connectivity index (χ1n) is 11.8. The number of aromatic nitrogens is 5. The van der Waals surface area contributed by atoms with Crippen molar-refractivity contribution < 1.29 is 22.0 Å². The maximum Gasteiger partial charge on any atom is 0.324 e. The van der Waals surface area contributed by atoms with E-state index in [1.807, 2.05) is 11.0 Å². The fourth-order valence-electron chi connectivity index (χ4n) is 4.17. The average molecular weight is 539 g/mol. The molecule has 0 unspecified atom stereocenters. The molecular formula is C24H23FN8O4S. The summed E-state index contributed by atoms with van der Waals surface area (Å²) in [6, 6.07) is 10.8. The highest BCUT2D eigenvalue weighted by Gasteiger charge is 2.26. The van der Waals surface area contributed by atoms with E-state index in [2.05, 4.69) is 20.4 Å². The number of nitrogens with zero attached hydrogens (tertiary/aromatic N) is 7. The fraction of sp³-hybridized carbons (Fsp3) is 0.250. The molecule has 1 aliphatic heterocycles. The minimum atomic E-state index is -4.03. The SMILES string of the molecule is CN(C)S(=O)(=O)n1nc(-c2ccc(F)cc2)cc1Nc1nc(N2CCOCC2)c2oc3ncccc3c2n1. The van der Waals surface area contributed by atoms with Crippen LogP contribution in [0.4, 0.5) is 22.0 Å². The van der Waals surface area contributed by atoms with E-state index in [1.165, 1.54) is 38.4 Å². The van der Waals surface area contributed by atoms with Crippen LogP contribution in [0.2, 0.25) is 0 Å². The minimum absolute atomic E-state index is 0.108. The molecule has 5 aromatic rings. The third kappa shape index (κ3) is 4.21. The minimum Gasteiger partial charge on any atom is -0.432 e. The highest BCUT2D eigenvalue weighted by atomic mass is 32.2. The Hall–Kier alpha value is -4.14. The monoisotopic (exact) mass is 538 g/mol. The van der Waals surface area contributed by atoms with Crippen LogP contribution in [0.25, 0.3) is 33.5 Å². The lowest BCUT2D eigenvalue weighted by atomic mass is 10.1. The molecule has 14 heteroatoms. The van der Waals surface area contributed by atoms with Gasteiger partial charge in [0.1, 0.15) is 17.2 Å². The molecule has 0 aliphatic carbocycles. The number of hydrogen-bond donors (Lipinski definition) is 1. The van der Waals surface area contributed by atoms with Gasteiger partial charge in [-0.3, -0.25) is 0 Å². The van der Waals surface area contributed by atoms with E-state index in [1.54, 1.807) is 18.3 Å². The van der Waals surface area contributed by atoms with E-state index in [-0.39, 0.29) is 11.8 Å². The highest BCUT2D eigenvalue weighted by molar-refractivity contribution is 7.87. The zero-order chi connectivity index (χ0) is 26.4. The van der Waals surface area contributed by atoms with Crippen molar-refractivity contribution in [2.45, 2.75) is 0 Å². The Kier molecular flexibility index (Phi) is 5.93.